The Morgan fingerprint density at radius 1 is 1.03 bits per heavy atom. The fraction of sp³-hybridized carbons (Fsp3) is 0.130. The molecule has 0 saturated carbocycles. The molecule has 3 heterocycles. The normalized spacial score (nSPS) is 11.8. The highest BCUT2D eigenvalue weighted by molar-refractivity contribution is 5.95. The fourth-order valence-electron chi connectivity index (χ4n) is 3.42. The molecular weight excluding hydrogens is 378 g/mol. The molecule has 1 amide bonds. The van der Waals surface area contributed by atoms with Gasteiger partial charge < -0.3 is 5.32 Å². The summed E-state index contributed by atoms with van der Waals surface area (Å²) in [5.41, 5.74) is 2.72. The van der Waals surface area contributed by atoms with E-state index in [1.807, 2.05) is 43.5 Å². The first-order valence-electron chi connectivity index (χ1n) is 9.58. The number of benzene rings is 1. The van der Waals surface area contributed by atoms with Gasteiger partial charge in [-0.2, -0.15) is 5.10 Å². The van der Waals surface area contributed by atoms with Crippen LogP contribution in [0, 0.1) is 6.92 Å². The van der Waals surface area contributed by atoms with Crippen molar-refractivity contribution >= 4 is 5.91 Å². The van der Waals surface area contributed by atoms with Crippen molar-refractivity contribution in [1.29, 1.82) is 0 Å². The predicted octanol–water partition coefficient (Wildman–Crippen LogP) is 3.22. The van der Waals surface area contributed by atoms with Crippen LogP contribution in [0.5, 0.6) is 0 Å². The number of hydrogen-bond acceptors (Lipinski definition) is 4. The Bertz CT molecular complexity index is 1230. The largest absolute Gasteiger partial charge is 0.345 e. The van der Waals surface area contributed by atoms with Crippen molar-refractivity contribution in [2.45, 2.75) is 19.9 Å². The zero-order valence-corrected chi connectivity index (χ0v) is 16.7. The average molecular weight is 399 g/mol. The molecular formula is C23H21N5O2. The molecule has 4 aromatic rings. The van der Waals surface area contributed by atoms with Crippen LogP contribution in [-0.4, -0.2) is 25.2 Å². The van der Waals surface area contributed by atoms with Crippen molar-refractivity contribution in [3.63, 3.8) is 0 Å². The molecule has 3 aromatic heterocycles. The molecule has 0 bridgehead atoms. The van der Waals surface area contributed by atoms with Gasteiger partial charge in [-0.05, 0) is 55.3 Å². The van der Waals surface area contributed by atoms with Crippen LogP contribution in [0.3, 0.4) is 0 Å². The Morgan fingerprint density at radius 3 is 2.60 bits per heavy atom. The predicted molar refractivity (Wildman–Crippen MR) is 114 cm³/mol. The minimum atomic E-state index is -0.418. The maximum Gasteiger partial charge on any atom is 0.268 e. The van der Waals surface area contributed by atoms with Gasteiger partial charge >= 0.3 is 0 Å². The lowest BCUT2D eigenvalue weighted by atomic mass is 10.0. The summed E-state index contributed by atoms with van der Waals surface area (Å²) >= 11 is 0. The summed E-state index contributed by atoms with van der Waals surface area (Å²) in [6, 6.07) is 14.5. The average Bonchev–Trinajstić information content (AvgIpc) is 3.29. The van der Waals surface area contributed by atoms with Gasteiger partial charge in [0.2, 0.25) is 0 Å². The smallest absolute Gasteiger partial charge is 0.268 e. The Hall–Kier alpha value is -4.00. The summed E-state index contributed by atoms with van der Waals surface area (Å²) in [6.45, 7) is 3.64. The van der Waals surface area contributed by atoms with Crippen LogP contribution < -0.4 is 10.9 Å². The van der Waals surface area contributed by atoms with E-state index >= 15 is 0 Å². The van der Waals surface area contributed by atoms with Crippen LogP contribution in [-0.2, 0) is 0 Å². The number of aryl methyl sites for hydroxylation is 1. The zero-order chi connectivity index (χ0) is 21.1. The number of rotatable bonds is 5. The van der Waals surface area contributed by atoms with Crippen LogP contribution >= 0.6 is 0 Å². The van der Waals surface area contributed by atoms with E-state index in [1.165, 1.54) is 4.57 Å². The molecule has 1 atom stereocenters. The molecule has 0 aliphatic rings. The van der Waals surface area contributed by atoms with Crippen LogP contribution in [0.15, 0.2) is 84.3 Å². The van der Waals surface area contributed by atoms with Crippen LogP contribution in [0.2, 0.25) is 0 Å². The van der Waals surface area contributed by atoms with E-state index < -0.39 is 5.91 Å². The van der Waals surface area contributed by atoms with Crippen LogP contribution in [0.1, 0.15) is 34.5 Å². The van der Waals surface area contributed by atoms with Gasteiger partial charge in [0.25, 0.3) is 11.5 Å². The molecule has 0 aliphatic heterocycles. The molecule has 0 saturated heterocycles. The Morgan fingerprint density at radius 2 is 1.87 bits per heavy atom. The minimum Gasteiger partial charge on any atom is -0.345 e. The van der Waals surface area contributed by atoms with E-state index in [4.69, 9.17) is 0 Å². The van der Waals surface area contributed by atoms with Crippen LogP contribution in [0.25, 0.3) is 11.4 Å². The summed E-state index contributed by atoms with van der Waals surface area (Å²) in [5.74, 6) is -0.418. The Kier molecular flexibility index (Phi) is 5.26. The first-order valence-corrected chi connectivity index (χ1v) is 9.58. The van der Waals surface area contributed by atoms with Crippen molar-refractivity contribution in [2.75, 3.05) is 0 Å². The summed E-state index contributed by atoms with van der Waals surface area (Å²) in [6.07, 6.45) is 8.42. The summed E-state index contributed by atoms with van der Waals surface area (Å²) in [7, 11) is 0. The lowest BCUT2D eigenvalue weighted by Gasteiger charge is -2.19. The standard InChI is InChI=1S/C23H21N5O2/c1-16-10-14-27(18-7-5-11-24-15-18)23(30)21(16)22(29)26-17(2)19-8-3-4-9-20(19)28-13-6-12-25-28/h3-15,17H,1-2H3,(H,26,29). The quantitative estimate of drug-likeness (QED) is 0.559. The molecule has 0 aliphatic carbocycles. The van der Waals surface area contributed by atoms with E-state index in [-0.39, 0.29) is 17.2 Å². The highest BCUT2D eigenvalue weighted by atomic mass is 16.2. The first kappa shape index (κ1) is 19.3. The molecule has 1 unspecified atom stereocenters. The zero-order valence-electron chi connectivity index (χ0n) is 16.7. The van der Waals surface area contributed by atoms with E-state index in [1.54, 1.807) is 54.6 Å². The molecule has 4 rings (SSSR count). The fourth-order valence-corrected chi connectivity index (χ4v) is 3.42. The number of nitrogens with zero attached hydrogens (tertiary/aromatic N) is 4. The highest BCUT2D eigenvalue weighted by Gasteiger charge is 2.20. The maximum atomic E-state index is 13.1. The third-order valence-electron chi connectivity index (χ3n) is 4.95. The molecule has 0 spiro atoms. The van der Waals surface area contributed by atoms with Gasteiger partial charge in [-0.25, -0.2) is 4.68 Å². The molecule has 1 aromatic carbocycles. The molecule has 7 nitrogen and oxygen atoms in total. The van der Waals surface area contributed by atoms with Crippen LogP contribution in [0.4, 0.5) is 0 Å². The van der Waals surface area contributed by atoms with Crippen molar-refractivity contribution in [1.82, 2.24) is 24.6 Å². The third kappa shape index (κ3) is 3.65. The first-order chi connectivity index (χ1) is 14.6. The van der Waals surface area contributed by atoms with Gasteiger partial charge in [0, 0.05) is 24.8 Å². The maximum absolute atomic E-state index is 13.1. The number of pyridine rings is 2. The third-order valence-corrected chi connectivity index (χ3v) is 4.95. The minimum absolute atomic E-state index is 0.116. The second-order valence-electron chi connectivity index (χ2n) is 6.96. The molecule has 150 valence electrons. The second-order valence-corrected chi connectivity index (χ2v) is 6.96. The van der Waals surface area contributed by atoms with E-state index in [9.17, 15) is 9.59 Å². The van der Waals surface area contributed by atoms with Gasteiger partial charge in [-0.15, -0.1) is 0 Å². The summed E-state index contributed by atoms with van der Waals surface area (Å²) in [5, 5.41) is 7.25. The number of nitrogens with one attached hydrogen (secondary N) is 1. The summed E-state index contributed by atoms with van der Waals surface area (Å²) < 4.78 is 3.18. The molecule has 0 radical (unpaired) electrons. The number of hydrogen-bond donors (Lipinski definition) is 1. The van der Waals surface area contributed by atoms with Crippen molar-refractivity contribution in [3.8, 4) is 11.4 Å². The lowest BCUT2D eigenvalue weighted by Crippen LogP contribution is -2.35. The number of para-hydroxylation sites is 1. The molecule has 7 heteroatoms. The van der Waals surface area contributed by atoms with Crippen molar-refractivity contribution in [3.05, 3.63) is 107 Å². The van der Waals surface area contributed by atoms with E-state index in [0.29, 0.717) is 11.3 Å². The van der Waals surface area contributed by atoms with E-state index in [0.717, 1.165) is 11.3 Å². The number of carbonyl (C=O) groups excluding carboxylic acids is 1. The van der Waals surface area contributed by atoms with Gasteiger partial charge in [0.05, 0.1) is 23.6 Å². The van der Waals surface area contributed by atoms with Gasteiger partial charge in [0.1, 0.15) is 5.56 Å². The molecule has 1 N–H and O–H groups in total. The summed E-state index contributed by atoms with van der Waals surface area (Å²) in [4.78, 5) is 30.2. The number of carbonyl (C=O) groups is 1. The second kappa shape index (κ2) is 8.16. The van der Waals surface area contributed by atoms with Crippen molar-refractivity contribution < 1.29 is 4.79 Å². The number of amides is 1. The van der Waals surface area contributed by atoms with Gasteiger partial charge in [-0.1, -0.05) is 18.2 Å². The molecule has 30 heavy (non-hydrogen) atoms. The molecule has 0 fully saturated rings. The Labute approximate surface area is 173 Å². The Balaban J connectivity index is 1.67. The highest BCUT2D eigenvalue weighted by Crippen LogP contribution is 2.21. The lowest BCUT2D eigenvalue weighted by molar-refractivity contribution is 0.0937. The SMILES string of the molecule is Cc1ccn(-c2cccnc2)c(=O)c1C(=O)NC(C)c1ccccc1-n1cccn1. The van der Waals surface area contributed by atoms with Gasteiger partial charge in [0.15, 0.2) is 0 Å². The van der Waals surface area contributed by atoms with Crippen molar-refractivity contribution in [2.24, 2.45) is 0 Å². The topological polar surface area (TPSA) is 81.8 Å². The number of aromatic nitrogens is 4. The van der Waals surface area contributed by atoms with E-state index in [2.05, 4.69) is 15.4 Å². The van der Waals surface area contributed by atoms with Gasteiger partial charge in [-0.3, -0.25) is 19.1 Å². The monoisotopic (exact) mass is 399 g/mol.